The zero-order valence-electron chi connectivity index (χ0n) is 34.5. The molecule has 26 heteroatoms. The number of halogens is 7. The SMILES string of the molecule is C.C.C/C=C\C(=O)O.C[C@@]1(O)[C@@H]([C@H](O)c2ccc(Cl)c(Cl)c2)O[C@@H](n2ccc3c(N)ncnc32)[C@@H]1O.C[C@@]1(O)[C@@H]([C@H](O)c2ccc(Cl)c(Cl)c2)O[C@@H](n2ccc3c(N)ncnc32)[C@@H]1O.[I][V]([I])[I]. The average molecular weight is 1400 g/mol. The summed E-state index contributed by atoms with van der Waals surface area (Å²) in [6.45, 7) is 4.46. The fourth-order valence-electron chi connectivity index (χ4n) is 7.14. The summed E-state index contributed by atoms with van der Waals surface area (Å²) in [5.74, 6) is -0.316. The van der Waals surface area contributed by atoms with Gasteiger partial charge in [0, 0.05) is 18.5 Å². The number of nitrogen functional groups attached to an aromatic ring is 2. The van der Waals surface area contributed by atoms with Crippen LogP contribution in [0.5, 0.6) is 0 Å². The second-order valence-electron chi connectivity index (χ2n) is 14.9. The van der Waals surface area contributed by atoms with E-state index in [2.05, 4.69) is 79.9 Å². The summed E-state index contributed by atoms with van der Waals surface area (Å²) in [6, 6.07) is 12.6. The number of aliphatic hydroxyl groups is 6. The summed E-state index contributed by atoms with van der Waals surface area (Å²) in [4.78, 5) is 25.5. The molecule has 2 saturated heterocycles. The van der Waals surface area contributed by atoms with Gasteiger partial charge in [0.05, 0.1) is 30.9 Å². The van der Waals surface area contributed by atoms with Crippen molar-refractivity contribution in [2.24, 2.45) is 0 Å². The van der Waals surface area contributed by atoms with E-state index >= 15 is 0 Å². The van der Waals surface area contributed by atoms with Gasteiger partial charge >= 0.3 is 70.8 Å². The molecule has 11 N–H and O–H groups in total. The third-order valence-corrected chi connectivity index (χ3v) is 12.0. The van der Waals surface area contributed by atoms with Crippen molar-refractivity contribution in [2.45, 2.75) is 95.9 Å². The van der Waals surface area contributed by atoms with Gasteiger partial charge in [-0.25, -0.2) is 24.7 Å². The minimum absolute atomic E-state index is 0. The number of aliphatic carboxylic acids is 1. The molecule has 0 bridgehead atoms. The molecule has 2 aliphatic heterocycles. The van der Waals surface area contributed by atoms with E-state index in [1.54, 1.807) is 64.8 Å². The molecule has 372 valence electrons. The predicted octanol–water partition coefficient (Wildman–Crippen LogP) is 8.70. The number of carboxylic acids is 1. The molecule has 0 saturated carbocycles. The van der Waals surface area contributed by atoms with Crippen molar-refractivity contribution in [3.05, 3.63) is 117 Å². The molecular formula is C42H50Cl4I3N8O10V. The number of benzene rings is 2. The molecule has 0 unspecified atom stereocenters. The number of aliphatic hydroxyl groups excluding tert-OH is 4. The van der Waals surface area contributed by atoms with Gasteiger partial charge in [-0.3, -0.25) is 0 Å². The second-order valence-corrected chi connectivity index (χ2v) is 51.9. The first-order valence-corrected chi connectivity index (χ1v) is 34.1. The van der Waals surface area contributed by atoms with Gasteiger partial charge in [-0.1, -0.05) is 79.5 Å². The standard InChI is InChI=1S/2C18H18Cl2N4O4.C4H6O2.2CH4.3HI.V/c2*1-18(27)13(26)17(24-5-4-9-15(21)22-7-23-16(9)24)28-14(18)12(25)8-2-3-10(19)11(20)6-8;1-2-3-4(5)6;;;;;;/h2*2-7,12-14,17,25-27H,1H3,(H2,21,22,23);2-3H,1H3,(H,5,6);2*1H4;3*1H;/q;;;;;;;;+3/p-3/b;;3-2-;;;;;;/t2*12-,13+,14-,17-,18+;;;;;;;/m11......./s1. The Morgan fingerprint density at radius 3 is 1.37 bits per heavy atom. The number of fused-ring (bicyclic) bond motifs is 2. The molecule has 0 spiro atoms. The van der Waals surface area contributed by atoms with Crippen LogP contribution in [-0.2, 0) is 19.2 Å². The Morgan fingerprint density at radius 1 is 0.721 bits per heavy atom. The number of rotatable bonds is 7. The van der Waals surface area contributed by atoms with Crippen LogP contribution in [0.1, 0.15) is 71.4 Å². The second kappa shape index (κ2) is 25.7. The van der Waals surface area contributed by atoms with Crippen LogP contribution in [0.2, 0.25) is 20.1 Å². The van der Waals surface area contributed by atoms with Crippen molar-refractivity contribution in [1.29, 1.82) is 0 Å². The molecule has 10 atom stereocenters. The van der Waals surface area contributed by atoms with Crippen molar-refractivity contribution in [3.8, 4) is 0 Å². The van der Waals surface area contributed by atoms with Crippen LogP contribution in [-0.4, -0.2) is 106 Å². The summed E-state index contributed by atoms with van der Waals surface area (Å²) in [7, 11) is 0. The first kappa shape index (κ1) is 60.4. The fourth-order valence-corrected chi connectivity index (χ4v) is 7.75. The Morgan fingerprint density at radius 2 is 1.07 bits per heavy atom. The zero-order chi connectivity index (χ0) is 49.0. The number of allylic oxidation sites excluding steroid dienone is 1. The number of carbonyl (C=O) groups is 1. The number of nitrogens with two attached hydrogens (primary N) is 2. The molecule has 8 rings (SSSR count). The number of aromatic nitrogens is 6. The van der Waals surface area contributed by atoms with E-state index in [1.807, 2.05) is 0 Å². The van der Waals surface area contributed by atoms with E-state index in [9.17, 15) is 35.4 Å². The van der Waals surface area contributed by atoms with Gasteiger partial charge in [0.2, 0.25) is 0 Å². The summed E-state index contributed by atoms with van der Waals surface area (Å²) in [6.07, 6.45) is -1.05. The van der Waals surface area contributed by atoms with Crippen LogP contribution in [0, 0.1) is 0 Å². The van der Waals surface area contributed by atoms with Gasteiger partial charge < -0.3 is 65.8 Å². The molecule has 68 heavy (non-hydrogen) atoms. The quantitative estimate of drug-likeness (QED) is 0.0533. The third kappa shape index (κ3) is 13.6. The Balaban J connectivity index is 0.000000294. The number of nitrogens with zero attached hydrogens (tertiary/aromatic N) is 6. The van der Waals surface area contributed by atoms with Gasteiger partial charge in [0.15, 0.2) is 12.5 Å². The first-order valence-electron chi connectivity index (χ1n) is 19.1. The van der Waals surface area contributed by atoms with Crippen LogP contribution in [0.15, 0.2) is 85.7 Å². The Bertz CT molecular complexity index is 2520. The average Bonchev–Trinajstić information content (AvgIpc) is 3.99. The van der Waals surface area contributed by atoms with E-state index in [1.165, 1.54) is 44.7 Å². The zero-order valence-corrected chi connectivity index (χ0v) is 45.4. The van der Waals surface area contributed by atoms with Crippen molar-refractivity contribution < 1.29 is 54.9 Å². The van der Waals surface area contributed by atoms with E-state index in [0.29, 0.717) is 43.2 Å². The van der Waals surface area contributed by atoms with Gasteiger partial charge in [0.25, 0.3) is 0 Å². The molecule has 2 aromatic carbocycles. The van der Waals surface area contributed by atoms with Crippen molar-refractivity contribution in [1.82, 2.24) is 29.1 Å². The van der Waals surface area contributed by atoms with Crippen LogP contribution in [0.3, 0.4) is 0 Å². The Labute approximate surface area is 449 Å². The van der Waals surface area contributed by atoms with Gasteiger partial charge in [0.1, 0.15) is 83.4 Å². The summed E-state index contributed by atoms with van der Waals surface area (Å²) >= 11 is 31.3. The molecule has 18 nitrogen and oxygen atoms in total. The molecular weight excluding hydrogens is 1350 g/mol. The summed E-state index contributed by atoms with van der Waals surface area (Å²) in [5, 5.41) is 75.1. The van der Waals surface area contributed by atoms with Crippen LogP contribution >= 0.6 is 106 Å². The number of anilines is 2. The summed E-state index contributed by atoms with van der Waals surface area (Å²) in [5.41, 5.74) is 9.87. The maximum absolute atomic E-state index is 10.9. The number of hydrogen-bond acceptors (Lipinski definition) is 15. The van der Waals surface area contributed by atoms with Gasteiger partial charge in [-0.05, 0) is 68.3 Å². The minimum atomic E-state index is -1.76. The van der Waals surface area contributed by atoms with Crippen LogP contribution in [0.4, 0.5) is 11.6 Å². The van der Waals surface area contributed by atoms with Crippen molar-refractivity contribution in [2.75, 3.05) is 11.5 Å². The number of carboxylic acid groups (broad SMARTS) is 1. The topological polar surface area (TPSA) is 291 Å². The number of ether oxygens (including phenoxy) is 2. The van der Waals surface area contributed by atoms with Crippen molar-refractivity contribution >= 4 is 146 Å². The van der Waals surface area contributed by atoms with Gasteiger partial charge in [-0.15, -0.1) is 0 Å². The van der Waals surface area contributed by atoms with Crippen LogP contribution < -0.4 is 11.5 Å². The first-order chi connectivity index (χ1) is 30.9. The predicted molar refractivity (Wildman–Crippen MR) is 286 cm³/mol. The van der Waals surface area contributed by atoms with E-state index in [4.69, 9.17) is 72.5 Å². The fraction of sp³-hybridized carbons (Fsp3) is 0.357. The summed E-state index contributed by atoms with van der Waals surface area (Å²) < 4.78 is 14.9. The van der Waals surface area contributed by atoms with E-state index < -0.39 is 66.3 Å². The van der Waals surface area contributed by atoms with E-state index in [-0.39, 0.29) is 41.5 Å². The monoisotopic (exact) mass is 1400 g/mol. The molecule has 6 aromatic rings. The molecule has 2 fully saturated rings. The van der Waals surface area contributed by atoms with Crippen LogP contribution in [0.25, 0.3) is 22.1 Å². The molecule has 0 radical (unpaired) electrons. The molecule has 2 aliphatic rings. The Hall–Kier alpha value is -1.90. The molecule has 4 aromatic heterocycles. The third-order valence-electron chi connectivity index (χ3n) is 10.5. The molecule has 6 heterocycles. The number of hydrogen-bond donors (Lipinski definition) is 9. The molecule has 0 aliphatic carbocycles. The molecule has 0 amide bonds. The van der Waals surface area contributed by atoms with Gasteiger partial charge in [-0.2, -0.15) is 0 Å². The maximum atomic E-state index is 10.9. The Kier molecular flexibility index (Phi) is 22.8. The van der Waals surface area contributed by atoms with E-state index in [0.717, 1.165) is 6.08 Å². The normalized spacial score (nSPS) is 25.0. The van der Waals surface area contributed by atoms with Crippen molar-refractivity contribution in [3.63, 3.8) is 0 Å².